The van der Waals surface area contributed by atoms with Gasteiger partial charge in [-0.15, -0.1) is 30.0 Å². The summed E-state index contributed by atoms with van der Waals surface area (Å²) in [5, 5.41) is 0. The van der Waals surface area contributed by atoms with Crippen molar-refractivity contribution in [3.8, 4) is 24.2 Å². The molecule has 1 atom stereocenters. The second kappa shape index (κ2) is 5.74. The molecule has 1 heterocycles. The Balaban J connectivity index is 2.66. The van der Waals surface area contributed by atoms with Crippen LogP contribution >= 0.6 is 11.8 Å². The first kappa shape index (κ1) is 12.0. The van der Waals surface area contributed by atoms with Crippen LogP contribution < -0.4 is 0 Å². The van der Waals surface area contributed by atoms with E-state index in [0.717, 1.165) is 17.7 Å². The van der Waals surface area contributed by atoms with Crippen molar-refractivity contribution in [2.24, 2.45) is 0 Å². The normalized spacial score (nSPS) is 23.3. The molecule has 0 radical (unpaired) electrons. The van der Waals surface area contributed by atoms with Gasteiger partial charge in [-0.05, 0) is 6.42 Å². The lowest BCUT2D eigenvalue weighted by Gasteiger charge is -2.16. The Kier molecular flexibility index (Phi) is 4.60. The van der Waals surface area contributed by atoms with Crippen molar-refractivity contribution in [1.29, 1.82) is 0 Å². The van der Waals surface area contributed by atoms with E-state index in [4.69, 9.17) is 6.42 Å². The van der Waals surface area contributed by atoms with Crippen molar-refractivity contribution in [2.45, 2.75) is 37.4 Å². The minimum absolute atomic E-state index is 0.195. The van der Waals surface area contributed by atoms with Gasteiger partial charge in [-0.2, -0.15) is 0 Å². The van der Waals surface area contributed by atoms with Gasteiger partial charge in [-0.1, -0.05) is 38.0 Å². The molecule has 0 aromatic rings. The molecule has 0 aromatic carbocycles. The minimum atomic E-state index is -0.195. The molecule has 0 bridgehead atoms. The van der Waals surface area contributed by atoms with Crippen LogP contribution in [-0.4, -0.2) is 4.75 Å². The Bertz CT molecular complexity index is 359. The maximum Gasteiger partial charge on any atom is 0.110 e. The van der Waals surface area contributed by atoms with Crippen LogP contribution in [0.25, 0.3) is 0 Å². The first-order valence-corrected chi connectivity index (χ1v) is 6.05. The van der Waals surface area contributed by atoms with Crippen LogP contribution in [-0.2, 0) is 0 Å². The molecule has 0 spiro atoms. The molecular formula is C14H16S. The highest BCUT2D eigenvalue weighted by Crippen LogP contribution is 2.41. The largest absolute Gasteiger partial charge is 0.120 e. The molecule has 0 aromatic heterocycles. The second-order valence-corrected chi connectivity index (χ2v) is 5.03. The van der Waals surface area contributed by atoms with Gasteiger partial charge in [0.25, 0.3) is 0 Å². The SMILES string of the molecule is C#CCC1(C#CCCCC)C=CC(=C)S1. The predicted octanol–water partition coefficient (Wildman–Crippen LogP) is 3.76. The van der Waals surface area contributed by atoms with Crippen LogP contribution in [0.3, 0.4) is 0 Å². The summed E-state index contributed by atoms with van der Waals surface area (Å²) in [7, 11) is 0. The van der Waals surface area contributed by atoms with E-state index >= 15 is 0 Å². The van der Waals surface area contributed by atoms with Gasteiger partial charge >= 0.3 is 0 Å². The summed E-state index contributed by atoms with van der Waals surface area (Å²) in [4.78, 5) is 1.05. The predicted molar refractivity (Wildman–Crippen MR) is 69.4 cm³/mol. The molecule has 1 aliphatic heterocycles. The molecule has 0 N–H and O–H groups in total. The summed E-state index contributed by atoms with van der Waals surface area (Å²) < 4.78 is -0.195. The standard InChI is InChI=1S/C14H16S/c1-4-6-7-8-11-14(10-5-2)12-9-13(3)15-14/h2,9,12H,3-4,6-7,10H2,1H3. The van der Waals surface area contributed by atoms with Gasteiger partial charge in [0.05, 0.1) is 0 Å². The molecule has 0 fully saturated rings. The lowest BCUT2D eigenvalue weighted by molar-refractivity contribution is 0.825. The second-order valence-electron chi connectivity index (χ2n) is 3.58. The number of hydrogen-bond acceptors (Lipinski definition) is 1. The van der Waals surface area contributed by atoms with Crippen LogP contribution in [0.1, 0.15) is 32.6 Å². The number of hydrogen-bond donors (Lipinski definition) is 0. The molecule has 0 saturated carbocycles. The third-order valence-corrected chi connectivity index (χ3v) is 3.32. The first-order chi connectivity index (χ1) is 7.22. The van der Waals surface area contributed by atoms with Gasteiger partial charge in [0.2, 0.25) is 0 Å². The van der Waals surface area contributed by atoms with Crippen LogP contribution in [0, 0.1) is 24.2 Å². The topological polar surface area (TPSA) is 0 Å². The monoisotopic (exact) mass is 216 g/mol. The van der Waals surface area contributed by atoms with E-state index in [2.05, 4.69) is 37.3 Å². The van der Waals surface area contributed by atoms with Gasteiger partial charge in [0, 0.05) is 17.7 Å². The smallest absolute Gasteiger partial charge is 0.110 e. The Labute approximate surface area is 97.2 Å². The van der Waals surface area contributed by atoms with E-state index in [1.165, 1.54) is 6.42 Å². The summed E-state index contributed by atoms with van der Waals surface area (Å²) in [5.74, 6) is 9.20. The summed E-state index contributed by atoms with van der Waals surface area (Å²) in [5.41, 5.74) is 0. The van der Waals surface area contributed by atoms with Gasteiger partial charge < -0.3 is 0 Å². The Hall–Kier alpha value is -1.05. The number of rotatable bonds is 3. The van der Waals surface area contributed by atoms with Gasteiger partial charge in [-0.25, -0.2) is 0 Å². The van der Waals surface area contributed by atoms with Crippen LogP contribution in [0.2, 0.25) is 0 Å². The Morgan fingerprint density at radius 1 is 1.60 bits per heavy atom. The fourth-order valence-electron chi connectivity index (χ4n) is 1.36. The highest BCUT2D eigenvalue weighted by molar-refractivity contribution is 8.05. The van der Waals surface area contributed by atoms with Crippen LogP contribution in [0.15, 0.2) is 23.6 Å². The highest BCUT2D eigenvalue weighted by atomic mass is 32.2. The van der Waals surface area contributed by atoms with Gasteiger partial charge in [0.15, 0.2) is 0 Å². The fraction of sp³-hybridized carbons (Fsp3) is 0.429. The molecule has 1 heteroatoms. The third kappa shape index (κ3) is 3.54. The highest BCUT2D eigenvalue weighted by Gasteiger charge is 2.29. The zero-order valence-corrected chi connectivity index (χ0v) is 9.99. The summed E-state index contributed by atoms with van der Waals surface area (Å²) in [6.07, 6.45) is 13.4. The first-order valence-electron chi connectivity index (χ1n) is 5.23. The number of allylic oxidation sites excluding steroid dienone is 1. The fourth-order valence-corrected chi connectivity index (χ4v) is 2.38. The van der Waals surface area contributed by atoms with E-state index < -0.39 is 0 Å². The number of unbranched alkanes of at least 4 members (excludes halogenated alkanes) is 2. The van der Waals surface area contributed by atoms with E-state index in [1.807, 2.05) is 6.08 Å². The van der Waals surface area contributed by atoms with E-state index in [1.54, 1.807) is 11.8 Å². The summed E-state index contributed by atoms with van der Waals surface area (Å²) in [6.45, 7) is 6.09. The van der Waals surface area contributed by atoms with E-state index in [0.29, 0.717) is 6.42 Å². The molecule has 0 aliphatic carbocycles. The van der Waals surface area contributed by atoms with E-state index in [-0.39, 0.29) is 4.75 Å². The van der Waals surface area contributed by atoms with E-state index in [9.17, 15) is 0 Å². The van der Waals surface area contributed by atoms with Crippen molar-refractivity contribution < 1.29 is 0 Å². The number of terminal acetylenes is 1. The lowest BCUT2D eigenvalue weighted by atomic mass is 10.0. The molecule has 0 amide bonds. The zero-order chi connectivity index (χ0) is 11.1. The quantitative estimate of drug-likeness (QED) is 0.511. The Morgan fingerprint density at radius 3 is 2.93 bits per heavy atom. The molecule has 78 valence electrons. The molecule has 1 rings (SSSR count). The van der Waals surface area contributed by atoms with Gasteiger partial charge in [0.1, 0.15) is 4.75 Å². The van der Waals surface area contributed by atoms with Crippen molar-refractivity contribution in [1.82, 2.24) is 0 Å². The van der Waals surface area contributed by atoms with Gasteiger partial charge in [-0.3, -0.25) is 0 Å². The summed E-state index contributed by atoms with van der Waals surface area (Å²) in [6, 6.07) is 0. The zero-order valence-electron chi connectivity index (χ0n) is 9.18. The Morgan fingerprint density at radius 2 is 2.40 bits per heavy atom. The third-order valence-electron chi connectivity index (χ3n) is 2.17. The number of thioether (sulfide) groups is 1. The van der Waals surface area contributed by atoms with Crippen LogP contribution in [0.5, 0.6) is 0 Å². The maximum atomic E-state index is 5.37. The summed E-state index contributed by atoms with van der Waals surface area (Å²) >= 11 is 1.67. The van der Waals surface area contributed by atoms with Crippen molar-refractivity contribution in [2.75, 3.05) is 0 Å². The molecular weight excluding hydrogens is 200 g/mol. The average molecular weight is 216 g/mol. The molecule has 0 nitrogen and oxygen atoms in total. The van der Waals surface area contributed by atoms with Crippen LogP contribution in [0.4, 0.5) is 0 Å². The van der Waals surface area contributed by atoms with Crippen molar-refractivity contribution in [3.05, 3.63) is 23.6 Å². The molecule has 1 aliphatic rings. The lowest BCUT2D eigenvalue weighted by Crippen LogP contribution is -2.15. The van der Waals surface area contributed by atoms with Crippen molar-refractivity contribution in [3.63, 3.8) is 0 Å². The molecule has 0 saturated heterocycles. The minimum Gasteiger partial charge on any atom is -0.120 e. The molecule has 1 unspecified atom stereocenters. The average Bonchev–Trinajstić information content (AvgIpc) is 2.56. The molecule has 15 heavy (non-hydrogen) atoms. The maximum absolute atomic E-state index is 5.37. The van der Waals surface area contributed by atoms with Crippen molar-refractivity contribution >= 4 is 11.8 Å².